The van der Waals surface area contributed by atoms with Gasteiger partial charge in [-0.3, -0.25) is 9.79 Å². The van der Waals surface area contributed by atoms with Crippen molar-refractivity contribution in [3.05, 3.63) is 0 Å². The largest absolute Gasteiger partial charge is 0.357 e. The highest BCUT2D eigenvalue weighted by molar-refractivity contribution is 7.98. The molecule has 0 radical (unpaired) electrons. The van der Waals surface area contributed by atoms with Crippen LogP contribution < -0.4 is 16.0 Å². The molecule has 0 aliphatic heterocycles. The van der Waals surface area contributed by atoms with Crippen molar-refractivity contribution in [1.82, 2.24) is 16.0 Å². The molecule has 1 fully saturated rings. The van der Waals surface area contributed by atoms with Crippen LogP contribution in [0.4, 0.5) is 0 Å². The summed E-state index contributed by atoms with van der Waals surface area (Å²) in [6.45, 7) is 4.37. The van der Waals surface area contributed by atoms with Crippen LogP contribution in [0.25, 0.3) is 0 Å². The van der Waals surface area contributed by atoms with Gasteiger partial charge in [0.05, 0.1) is 0 Å². The first-order valence-corrected chi connectivity index (χ1v) is 10.5. The van der Waals surface area contributed by atoms with Crippen molar-refractivity contribution < 1.29 is 4.79 Å². The molecule has 0 heterocycles. The number of carbonyl (C=O) groups is 1. The average molecular weight is 343 g/mol. The number of guanidine groups is 1. The van der Waals surface area contributed by atoms with Gasteiger partial charge in [-0.2, -0.15) is 11.8 Å². The lowest BCUT2D eigenvalue weighted by atomic mass is 9.95. The molecule has 0 aromatic heterocycles. The summed E-state index contributed by atoms with van der Waals surface area (Å²) in [4.78, 5) is 16.5. The van der Waals surface area contributed by atoms with E-state index in [1.54, 1.807) is 0 Å². The van der Waals surface area contributed by atoms with Crippen LogP contribution in [-0.2, 0) is 4.79 Å². The molecule has 0 spiro atoms. The van der Waals surface area contributed by atoms with Crippen LogP contribution in [0.1, 0.15) is 58.3 Å². The van der Waals surface area contributed by atoms with E-state index in [-0.39, 0.29) is 5.91 Å². The minimum Gasteiger partial charge on any atom is -0.357 e. The zero-order chi connectivity index (χ0) is 16.8. The molecule has 1 amide bonds. The minimum atomic E-state index is 0.153. The Balaban J connectivity index is 2.17. The van der Waals surface area contributed by atoms with E-state index in [2.05, 4.69) is 34.1 Å². The predicted molar refractivity (Wildman–Crippen MR) is 101 cm³/mol. The molecule has 1 saturated carbocycles. The summed E-state index contributed by atoms with van der Waals surface area (Å²) in [5.74, 6) is 2.17. The number of hydrogen-bond acceptors (Lipinski definition) is 3. The Kier molecular flexibility index (Phi) is 11.8. The standard InChI is InChI=1S/C17H34N4OS/c1-3-18-17(19-12-7-8-14-23-2)20-13-11-16(22)21-15-9-5-4-6-10-15/h15H,3-14H2,1-2H3,(H,21,22)(H2,18,19,20). The first-order valence-electron chi connectivity index (χ1n) is 9.06. The Morgan fingerprint density at radius 1 is 1.17 bits per heavy atom. The number of thioether (sulfide) groups is 1. The first-order chi connectivity index (χ1) is 11.3. The number of aliphatic imine (C=N–C) groups is 1. The van der Waals surface area contributed by atoms with E-state index in [1.807, 2.05) is 11.8 Å². The van der Waals surface area contributed by atoms with Crippen molar-refractivity contribution in [3.63, 3.8) is 0 Å². The second-order valence-electron chi connectivity index (χ2n) is 6.04. The molecular formula is C17H34N4OS. The zero-order valence-corrected chi connectivity index (χ0v) is 15.6. The van der Waals surface area contributed by atoms with Gasteiger partial charge in [0.2, 0.25) is 5.91 Å². The number of nitrogens with zero attached hydrogens (tertiary/aromatic N) is 1. The van der Waals surface area contributed by atoms with Gasteiger partial charge in [-0.1, -0.05) is 19.3 Å². The highest BCUT2D eigenvalue weighted by atomic mass is 32.2. The summed E-state index contributed by atoms with van der Waals surface area (Å²) < 4.78 is 0. The van der Waals surface area contributed by atoms with E-state index in [4.69, 9.17) is 0 Å². The maximum absolute atomic E-state index is 12.0. The molecule has 0 bridgehead atoms. The van der Waals surface area contributed by atoms with Gasteiger partial charge < -0.3 is 16.0 Å². The summed E-state index contributed by atoms with van der Waals surface area (Å²) in [7, 11) is 0. The molecule has 1 rings (SSSR count). The molecule has 23 heavy (non-hydrogen) atoms. The van der Waals surface area contributed by atoms with Crippen LogP contribution in [0.3, 0.4) is 0 Å². The van der Waals surface area contributed by atoms with Crippen LogP contribution >= 0.6 is 11.8 Å². The number of nitrogens with one attached hydrogen (secondary N) is 3. The fourth-order valence-corrected chi connectivity index (χ4v) is 3.22. The van der Waals surface area contributed by atoms with E-state index in [0.717, 1.165) is 38.3 Å². The number of unbranched alkanes of at least 4 members (excludes halogenated alkanes) is 1. The van der Waals surface area contributed by atoms with E-state index in [0.29, 0.717) is 19.0 Å². The van der Waals surface area contributed by atoms with Crippen molar-refractivity contribution in [2.45, 2.75) is 64.3 Å². The molecule has 1 aliphatic carbocycles. The molecule has 0 aromatic rings. The number of carbonyl (C=O) groups excluding carboxylic acids is 1. The van der Waals surface area contributed by atoms with Gasteiger partial charge in [0, 0.05) is 32.1 Å². The van der Waals surface area contributed by atoms with E-state index in [9.17, 15) is 4.79 Å². The summed E-state index contributed by atoms with van der Waals surface area (Å²) in [6.07, 6.45) is 11.0. The van der Waals surface area contributed by atoms with Gasteiger partial charge in [-0.25, -0.2) is 0 Å². The normalized spacial score (nSPS) is 16.2. The van der Waals surface area contributed by atoms with E-state index in [1.165, 1.54) is 31.4 Å². The summed E-state index contributed by atoms with van der Waals surface area (Å²) >= 11 is 1.88. The van der Waals surface area contributed by atoms with Crippen LogP contribution in [-0.4, -0.2) is 49.6 Å². The maximum Gasteiger partial charge on any atom is 0.221 e. The summed E-state index contributed by atoms with van der Waals surface area (Å²) in [6, 6.07) is 0.398. The third-order valence-electron chi connectivity index (χ3n) is 3.99. The fourth-order valence-electron chi connectivity index (χ4n) is 2.73. The summed E-state index contributed by atoms with van der Waals surface area (Å²) in [5, 5.41) is 9.63. The Labute approximate surface area is 145 Å². The topological polar surface area (TPSA) is 65.5 Å². The third kappa shape index (κ3) is 10.5. The second kappa shape index (κ2) is 13.5. The second-order valence-corrected chi connectivity index (χ2v) is 7.03. The van der Waals surface area contributed by atoms with Gasteiger partial charge in [-0.15, -0.1) is 0 Å². The minimum absolute atomic E-state index is 0.153. The van der Waals surface area contributed by atoms with E-state index < -0.39 is 0 Å². The molecule has 0 atom stereocenters. The molecule has 1 aliphatic rings. The first kappa shape index (κ1) is 20.1. The molecule has 6 heteroatoms. The van der Waals surface area contributed by atoms with Crippen LogP contribution in [0.15, 0.2) is 4.99 Å². The van der Waals surface area contributed by atoms with E-state index >= 15 is 0 Å². The Hall–Kier alpha value is -0.910. The van der Waals surface area contributed by atoms with Gasteiger partial charge in [0.25, 0.3) is 0 Å². The average Bonchev–Trinajstić information content (AvgIpc) is 2.55. The van der Waals surface area contributed by atoms with Gasteiger partial charge >= 0.3 is 0 Å². The Morgan fingerprint density at radius 2 is 1.96 bits per heavy atom. The van der Waals surface area contributed by atoms with Gasteiger partial charge in [0.15, 0.2) is 5.96 Å². The molecule has 3 N–H and O–H groups in total. The number of amides is 1. The molecule has 5 nitrogen and oxygen atoms in total. The number of rotatable bonds is 10. The highest BCUT2D eigenvalue weighted by Gasteiger charge is 2.15. The van der Waals surface area contributed by atoms with Crippen molar-refractivity contribution >= 4 is 23.6 Å². The van der Waals surface area contributed by atoms with Crippen LogP contribution in [0.5, 0.6) is 0 Å². The van der Waals surface area contributed by atoms with Crippen molar-refractivity contribution in [1.29, 1.82) is 0 Å². The van der Waals surface area contributed by atoms with Gasteiger partial charge in [0.1, 0.15) is 0 Å². The predicted octanol–water partition coefficient (Wildman–Crippen LogP) is 2.52. The van der Waals surface area contributed by atoms with Crippen LogP contribution in [0.2, 0.25) is 0 Å². The molecular weight excluding hydrogens is 308 g/mol. The quantitative estimate of drug-likeness (QED) is 0.324. The smallest absolute Gasteiger partial charge is 0.221 e. The maximum atomic E-state index is 12.0. The lowest BCUT2D eigenvalue weighted by molar-refractivity contribution is -0.121. The van der Waals surface area contributed by atoms with Crippen molar-refractivity contribution in [2.24, 2.45) is 4.99 Å². The Bertz CT molecular complexity index is 343. The van der Waals surface area contributed by atoms with Crippen molar-refractivity contribution in [3.8, 4) is 0 Å². The SMILES string of the molecule is CCNC(=NCCCCSC)NCCC(=O)NC1CCCCC1. The molecule has 0 saturated heterocycles. The lowest BCUT2D eigenvalue weighted by Gasteiger charge is -2.22. The van der Waals surface area contributed by atoms with Crippen LogP contribution in [0, 0.1) is 0 Å². The monoisotopic (exact) mass is 342 g/mol. The number of hydrogen-bond donors (Lipinski definition) is 3. The zero-order valence-electron chi connectivity index (χ0n) is 14.8. The fraction of sp³-hybridized carbons (Fsp3) is 0.882. The van der Waals surface area contributed by atoms with Crippen molar-refractivity contribution in [2.75, 3.05) is 31.6 Å². The lowest BCUT2D eigenvalue weighted by Crippen LogP contribution is -2.41. The molecule has 134 valence electrons. The molecule has 0 unspecified atom stereocenters. The highest BCUT2D eigenvalue weighted by Crippen LogP contribution is 2.17. The van der Waals surface area contributed by atoms with Gasteiger partial charge in [-0.05, 0) is 44.6 Å². The Morgan fingerprint density at radius 3 is 2.65 bits per heavy atom. The molecule has 0 aromatic carbocycles. The summed E-state index contributed by atoms with van der Waals surface area (Å²) in [5.41, 5.74) is 0. The third-order valence-corrected chi connectivity index (χ3v) is 4.68.